The predicted octanol–water partition coefficient (Wildman–Crippen LogP) is 4.97. The lowest BCUT2D eigenvalue weighted by atomic mass is 9.98. The number of amides is 1. The van der Waals surface area contributed by atoms with Gasteiger partial charge in [-0.25, -0.2) is 9.97 Å². The summed E-state index contributed by atoms with van der Waals surface area (Å²) in [6.07, 6.45) is 4.98. The SMILES string of the molecule is CC[C@H](CO)c1cc(NCc2cccc(-c3nccn3C)c2)n2nc(C)c(-c3ccc(C)c(C(=O)N(C)CCCO)c3)c2n1. The van der Waals surface area contributed by atoms with Gasteiger partial charge in [-0.2, -0.15) is 9.61 Å². The Hall–Kier alpha value is -4.54. The van der Waals surface area contributed by atoms with E-state index < -0.39 is 0 Å². The Kier molecular flexibility index (Phi) is 9.41. The van der Waals surface area contributed by atoms with Crippen molar-refractivity contribution in [1.82, 2.24) is 29.0 Å². The minimum absolute atomic E-state index is 0.0172. The first-order chi connectivity index (χ1) is 21.2. The first-order valence-electron chi connectivity index (χ1n) is 15.0. The van der Waals surface area contributed by atoms with E-state index >= 15 is 0 Å². The highest BCUT2D eigenvalue weighted by Gasteiger charge is 2.22. The number of carbonyl (C=O) groups is 1. The summed E-state index contributed by atoms with van der Waals surface area (Å²) >= 11 is 0. The molecule has 0 saturated carbocycles. The molecule has 0 bridgehead atoms. The van der Waals surface area contributed by atoms with Crippen molar-refractivity contribution in [2.75, 3.05) is 32.1 Å². The number of rotatable bonds is 12. The fraction of sp³-hybridized carbons (Fsp3) is 0.353. The number of aliphatic hydroxyl groups is 2. The van der Waals surface area contributed by atoms with E-state index in [9.17, 15) is 15.0 Å². The van der Waals surface area contributed by atoms with Gasteiger partial charge < -0.3 is 25.0 Å². The van der Waals surface area contributed by atoms with Crippen molar-refractivity contribution >= 4 is 17.4 Å². The second-order valence-electron chi connectivity index (χ2n) is 11.3. The number of aromatic nitrogens is 5. The molecular weight excluding hydrogens is 554 g/mol. The number of nitrogens with zero attached hydrogens (tertiary/aromatic N) is 6. The largest absolute Gasteiger partial charge is 0.396 e. The lowest BCUT2D eigenvalue weighted by Gasteiger charge is -2.18. The number of imidazole rings is 1. The zero-order valence-electron chi connectivity index (χ0n) is 26.1. The van der Waals surface area contributed by atoms with Crippen LogP contribution in [0, 0.1) is 13.8 Å². The van der Waals surface area contributed by atoms with Crippen LogP contribution in [0.25, 0.3) is 28.2 Å². The van der Waals surface area contributed by atoms with Gasteiger partial charge in [0.1, 0.15) is 11.6 Å². The zero-order valence-corrected chi connectivity index (χ0v) is 26.1. The van der Waals surface area contributed by atoms with Crippen LogP contribution in [0.15, 0.2) is 60.9 Å². The third-order valence-corrected chi connectivity index (χ3v) is 8.15. The monoisotopic (exact) mass is 595 g/mol. The number of carbonyl (C=O) groups excluding carboxylic acids is 1. The maximum Gasteiger partial charge on any atom is 0.253 e. The summed E-state index contributed by atoms with van der Waals surface area (Å²) in [5.41, 5.74) is 7.50. The van der Waals surface area contributed by atoms with Crippen LogP contribution >= 0.6 is 0 Å². The fourth-order valence-electron chi connectivity index (χ4n) is 5.53. The molecule has 5 rings (SSSR count). The Labute approximate surface area is 258 Å². The van der Waals surface area contributed by atoms with Gasteiger partial charge >= 0.3 is 0 Å². The molecule has 0 aliphatic rings. The summed E-state index contributed by atoms with van der Waals surface area (Å²) in [7, 11) is 3.73. The normalized spacial score (nSPS) is 12.1. The third-order valence-electron chi connectivity index (χ3n) is 8.15. The first-order valence-corrected chi connectivity index (χ1v) is 15.0. The van der Waals surface area contributed by atoms with E-state index in [1.807, 2.05) is 73.4 Å². The first kappa shape index (κ1) is 30.9. The van der Waals surface area contributed by atoms with Crippen molar-refractivity contribution in [1.29, 1.82) is 0 Å². The van der Waals surface area contributed by atoms with Crippen LogP contribution in [0.2, 0.25) is 0 Å². The van der Waals surface area contributed by atoms with Crippen molar-refractivity contribution in [2.45, 2.75) is 46.1 Å². The predicted molar refractivity (Wildman–Crippen MR) is 173 cm³/mol. The highest BCUT2D eigenvalue weighted by atomic mass is 16.3. The van der Waals surface area contributed by atoms with Crippen LogP contribution in [-0.4, -0.2) is 72.0 Å². The molecule has 3 heterocycles. The van der Waals surface area contributed by atoms with Crippen molar-refractivity contribution in [3.63, 3.8) is 0 Å². The fourth-order valence-corrected chi connectivity index (χ4v) is 5.53. The van der Waals surface area contributed by atoms with Crippen molar-refractivity contribution in [3.8, 4) is 22.5 Å². The number of hydrogen-bond acceptors (Lipinski definition) is 7. The van der Waals surface area contributed by atoms with Crippen LogP contribution in [0.3, 0.4) is 0 Å². The maximum absolute atomic E-state index is 13.3. The summed E-state index contributed by atoms with van der Waals surface area (Å²) in [5.74, 6) is 1.44. The van der Waals surface area contributed by atoms with Gasteiger partial charge in [0.25, 0.3) is 5.91 Å². The van der Waals surface area contributed by atoms with Crippen LogP contribution in [0.1, 0.15) is 58.6 Å². The number of aryl methyl sites for hydroxylation is 3. The average Bonchev–Trinajstić information content (AvgIpc) is 3.61. The van der Waals surface area contributed by atoms with Crippen LogP contribution in [0.5, 0.6) is 0 Å². The Morgan fingerprint density at radius 1 is 1.09 bits per heavy atom. The molecule has 0 aliphatic carbocycles. The molecule has 44 heavy (non-hydrogen) atoms. The molecule has 0 aliphatic heterocycles. The van der Waals surface area contributed by atoms with Crippen LogP contribution in [0.4, 0.5) is 5.82 Å². The Morgan fingerprint density at radius 2 is 1.91 bits per heavy atom. The van der Waals surface area contributed by atoms with Gasteiger partial charge in [-0.05, 0) is 55.5 Å². The molecule has 230 valence electrons. The average molecular weight is 596 g/mol. The number of aliphatic hydroxyl groups excluding tert-OH is 2. The van der Waals surface area contributed by atoms with E-state index in [1.54, 1.807) is 18.1 Å². The molecule has 5 aromatic rings. The summed E-state index contributed by atoms with van der Waals surface area (Å²) in [6.45, 7) is 6.94. The van der Waals surface area contributed by atoms with Gasteiger partial charge in [-0.1, -0.05) is 37.3 Å². The Balaban J connectivity index is 1.55. The standard InChI is InChI=1S/C34H41N7O3/c1-6-25(21-43)29-19-30(36-20-24-9-7-10-27(17-24)32-35-13-15-39(32)4)41-33(37-29)31(23(3)38-41)26-12-11-22(2)28(18-26)34(44)40(5)14-8-16-42/h7,9-13,15,17-19,25,36,42-43H,6,8,14,16,20-21H2,1-5H3/t25-/m1/s1. The Morgan fingerprint density at radius 3 is 2.61 bits per heavy atom. The number of anilines is 1. The number of benzene rings is 2. The molecular formula is C34H41N7O3. The minimum atomic E-state index is -0.134. The highest BCUT2D eigenvalue weighted by molar-refractivity contribution is 5.97. The van der Waals surface area contributed by atoms with Crippen LogP contribution in [-0.2, 0) is 13.6 Å². The molecule has 0 fully saturated rings. The zero-order chi connectivity index (χ0) is 31.4. The summed E-state index contributed by atoms with van der Waals surface area (Å²) < 4.78 is 3.81. The number of nitrogens with one attached hydrogen (secondary N) is 1. The van der Waals surface area contributed by atoms with Gasteiger partial charge in [-0.3, -0.25) is 4.79 Å². The lowest BCUT2D eigenvalue weighted by Crippen LogP contribution is -2.28. The van der Waals surface area contributed by atoms with Gasteiger partial charge in [0.2, 0.25) is 0 Å². The number of fused-ring (bicyclic) bond motifs is 1. The maximum atomic E-state index is 13.3. The summed E-state index contributed by atoms with van der Waals surface area (Å²) in [4.78, 5) is 24.5. The summed E-state index contributed by atoms with van der Waals surface area (Å²) in [6, 6.07) is 16.1. The molecule has 0 spiro atoms. The molecule has 10 heteroatoms. The molecule has 2 aromatic carbocycles. The van der Waals surface area contributed by atoms with Crippen molar-refractivity contribution in [2.24, 2.45) is 7.05 Å². The van der Waals surface area contributed by atoms with Crippen LogP contribution < -0.4 is 5.32 Å². The minimum Gasteiger partial charge on any atom is -0.396 e. The molecule has 1 atom stereocenters. The van der Waals surface area contributed by atoms with Gasteiger partial charge in [0.15, 0.2) is 5.65 Å². The number of hydrogen-bond donors (Lipinski definition) is 3. The second-order valence-corrected chi connectivity index (χ2v) is 11.3. The second kappa shape index (κ2) is 13.4. The van der Waals surface area contributed by atoms with Gasteiger partial charge in [0, 0.05) is 74.9 Å². The van der Waals surface area contributed by atoms with E-state index in [-0.39, 0.29) is 25.0 Å². The van der Waals surface area contributed by atoms with Crippen molar-refractivity contribution in [3.05, 3.63) is 89.0 Å². The quantitative estimate of drug-likeness (QED) is 0.186. The smallest absolute Gasteiger partial charge is 0.253 e. The highest BCUT2D eigenvalue weighted by Crippen LogP contribution is 2.33. The van der Waals surface area contributed by atoms with E-state index in [2.05, 4.69) is 28.5 Å². The van der Waals surface area contributed by atoms with E-state index in [1.165, 1.54) is 0 Å². The Bertz CT molecular complexity index is 1770. The molecule has 0 radical (unpaired) electrons. The van der Waals surface area contributed by atoms with E-state index in [0.29, 0.717) is 30.7 Å². The van der Waals surface area contributed by atoms with Gasteiger partial charge in [0.05, 0.1) is 18.0 Å². The van der Waals surface area contributed by atoms with Crippen molar-refractivity contribution < 1.29 is 15.0 Å². The molecule has 0 saturated heterocycles. The van der Waals surface area contributed by atoms with E-state index in [4.69, 9.17) is 10.1 Å². The topological polar surface area (TPSA) is 121 Å². The molecule has 10 nitrogen and oxygen atoms in total. The molecule has 3 N–H and O–H groups in total. The van der Waals surface area contributed by atoms with E-state index in [0.717, 1.165) is 57.3 Å². The van der Waals surface area contributed by atoms with Gasteiger partial charge in [-0.15, -0.1) is 0 Å². The molecule has 0 unspecified atom stereocenters. The lowest BCUT2D eigenvalue weighted by molar-refractivity contribution is 0.0785. The molecule has 1 amide bonds. The third kappa shape index (κ3) is 6.22. The molecule has 3 aromatic heterocycles. The summed E-state index contributed by atoms with van der Waals surface area (Å²) in [5, 5.41) is 27.9.